The van der Waals surface area contributed by atoms with Crippen molar-refractivity contribution in [2.75, 3.05) is 4.72 Å². The number of aliphatic hydroxyl groups is 1. The highest BCUT2D eigenvalue weighted by Gasteiger charge is 2.36. The van der Waals surface area contributed by atoms with Gasteiger partial charge in [0.15, 0.2) is 11.0 Å². The SMILES string of the molecule is Cc1nc2cccc(NS(=O)c3ccccc3OC(F)(F)F)c2cc1C1CCC(C)(O)NC1=O. The molecule has 11 heteroatoms. The molecule has 7 nitrogen and oxygen atoms in total. The Kier molecular flexibility index (Phi) is 6.26. The van der Waals surface area contributed by atoms with Crippen molar-refractivity contribution in [3.63, 3.8) is 0 Å². The summed E-state index contributed by atoms with van der Waals surface area (Å²) in [5.41, 5.74) is 0.944. The molecule has 4 rings (SSSR count). The van der Waals surface area contributed by atoms with Gasteiger partial charge in [-0.15, -0.1) is 13.2 Å². The molecule has 180 valence electrons. The first-order valence-corrected chi connectivity index (χ1v) is 11.6. The molecule has 3 N–H and O–H groups in total. The van der Waals surface area contributed by atoms with Gasteiger partial charge in [-0.2, -0.15) is 0 Å². The number of halogens is 3. The second-order valence-corrected chi connectivity index (χ2v) is 9.44. The van der Waals surface area contributed by atoms with Gasteiger partial charge in [0, 0.05) is 11.1 Å². The molecule has 0 aliphatic carbocycles. The summed E-state index contributed by atoms with van der Waals surface area (Å²) in [6, 6.07) is 12.0. The number of hydrogen-bond acceptors (Lipinski definition) is 5. The molecule has 3 unspecified atom stereocenters. The molecule has 0 saturated carbocycles. The molecule has 1 amide bonds. The lowest BCUT2D eigenvalue weighted by molar-refractivity contribution is -0.275. The number of nitrogens with one attached hydrogen (secondary N) is 2. The summed E-state index contributed by atoms with van der Waals surface area (Å²) in [5, 5.41) is 13.3. The Balaban J connectivity index is 1.69. The normalized spacial score (nSPS) is 21.7. The van der Waals surface area contributed by atoms with Crippen molar-refractivity contribution in [2.45, 2.75) is 49.6 Å². The Labute approximate surface area is 195 Å². The van der Waals surface area contributed by atoms with Gasteiger partial charge in [-0.25, -0.2) is 4.21 Å². The Morgan fingerprint density at radius 1 is 1.24 bits per heavy atom. The van der Waals surface area contributed by atoms with Crippen molar-refractivity contribution in [3.05, 3.63) is 59.8 Å². The highest BCUT2D eigenvalue weighted by atomic mass is 32.2. The summed E-state index contributed by atoms with van der Waals surface area (Å²) in [6.45, 7) is 3.31. The maximum absolute atomic E-state index is 13.0. The summed E-state index contributed by atoms with van der Waals surface area (Å²) >= 11 is 0. The number of para-hydroxylation sites is 1. The van der Waals surface area contributed by atoms with E-state index in [9.17, 15) is 27.3 Å². The molecule has 2 heterocycles. The van der Waals surface area contributed by atoms with Crippen LogP contribution in [0.1, 0.15) is 36.9 Å². The molecule has 1 fully saturated rings. The topological polar surface area (TPSA) is 101 Å². The zero-order valence-electron chi connectivity index (χ0n) is 18.3. The third-order valence-corrected chi connectivity index (χ3v) is 6.71. The van der Waals surface area contributed by atoms with Gasteiger partial charge in [-0.3, -0.25) is 9.78 Å². The number of benzene rings is 2. The third-order valence-electron chi connectivity index (χ3n) is 5.57. The number of pyridine rings is 1. The number of piperidine rings is 1. The minimum absolute atomic E-state index is 0.175. The van der Waals surface area contributed by atoms with Crippen LogP contribution in [0.4, 0.5) is 18.9 Å². The van der Waals surface area contributed by atoms with E-state index < -0.39 is 34.7 Å². The molecular formula is C23H22F3N3O4S. The number of ether oxygens (including phenoxy) is 1. The highest BCUT2D eigenvalue weighted by molar-refractivity contribution is 7.86. The molecule has 34 heavy (non-hydrogen) atoms. The number of carbonyl (C=O) groups excluding carboxylic acids is 1. The van der Waals surface area contributed by atoms with Gasteiger partial charge in [0.1, 0.15) is 16.4 Å². The Hall–Kier alpha value is -3.18. The van der Waals surface area contributed by atoms with Crippen LogP contribution in [0.25, 0.3) is 10.9 Å². The van der Waals surface area contributed by atoms with Crippen molar-refractivity contribution in [2.24, 2.45) is 0 Å². The van der Waals surface area contributed by atoms with Crippen LogP contribution in [0, 0.1) is 6.92 Å². The zero-order valence-corrected chi connectivity index (χ0v) is 19.1. The average Bonchev–Trinajstić information content (AvgIpc) is 2.72. The van der Waals surface area contributed by atoms with E-state index in [2.05, 4.69) is 19.8 Å². The molecule has 1 aromatic heterocycles. The Morgan fingerprint density at radius 2 is 1.97 bits per heavy atom. The van der Waals surface area contributed by atoms with E-state index >= 15 is 0 Å². The predicted molar refractivity (Wildman–Crippen MR) is 120 cm³/mol. The van der Waals surface area contributed by atoms with Gasteiger partial charge in [-0.05, 0) is 62.6 Å². The quantitative estimate of drug-likeness (QED) is 0.493. The van der Waals surface area contributed by atoms with Crippen molar-refractivity contribution < 1.29 is 32.0 Å². The predicted octanol–water partition coefficient (Wildman–Crippen LogP) is 4.28. The van der Waals surface area contributed by atoms with Gasteiger partial charge in [0.2, 0.25) is 5.91 Å². The van der Waals surface area contributed by atoms with Crippen molar-refractivity contribution in [1.82, 2.24) is 10.3 Å². The molecule has 0 spiro atoms. The van der Waals surface area contributed by atoms with Gasteiger partial charge >= 0.3 is 6.36 Å². The molecular weight excluding hydrogens is 471 g/mol. The lowest BCUT2D eigenvalue weighted by atomic mass is 9.85. The van der Waals surface area contributed by atoms with E-state index in [4.69, 9.17) is 0 Å². The van der Waals surface area contributed by atoms with E-state index in [-0.39, 0.29) is 10.8 Å². The standard InChI is InChI=1S/C23H22F3N3O4S/c1-13-15(14-10-11-22(2,31)28-21(14)30)12-16-17(27-13)6-5-7-18(16)29-34(32)20-9-4-3-8-19(20)33-23(24,25)26/h3-9,12,14,29,31H,10-11H2,1-2H3,(H,28,30). The average molecular weight is 494 g/mol. The molecule has 1 saturated heterocycles. The van der Waals surface area contributed by atoms with Crippen LogP contribution in [0.15, 0.2) is 53.4 Å². The van der Waals surface area contributed by atoms with Gasteiger partial charge in [0.05, 0.1) is 17.1 Å². The van der Waals surface area contributed by atoms with Crippen LogP contribution in [0.3, 0.4) is 0 Å². The number of amides is 1. The Bertz CT molecular complexity index is 1280. The summed E-state index contributed by atoms with van der Waals surface area (Å²) < 4.78 is 58.0. The van der Waals surface area contributed by atoms with E-state index in [1.54, 1.807) is 31.2 Å². The number of alkyl halides is 3. The van der Waals surface area contributed by atoms with Crippen LogP contribution in [0.2, 0.25) is 0 Å². The van der Waals surface area contributed by atoms with Crippen LogP contribution >= 0.6 is 0 Å². The van der Waals surface area contributed by atoms with Crippen molar-refractivity contribution >= 4 is 33.5 Å². The van der Waals surface area contributed by atoms with Crippen LogP contribution in [-0.2, 0) is 15.8 Å². The van der Waals surface area contributed by atoms with E-state index in [1.165, 1.54) is 25.1 Å². The molecule has 2 aromatic carbocycles. The maximum Gasteiger partial charge on any atom is 0.573 e. The summed E-state index contributed by atoms with van der Waals surface area (Å²) in [5.74, 6) is -1.43. The summed E-state index contributed by atoms with van der Waals surface area (Å²) in [6.07, 6.45) is -4.15. The molecule has 0 bridgehead atoms. The summed E-state index contributed by atoms with van der Waals surface area (Å²) in [4.78, 5) is 17.0. The molecule has 1 aliphatic heterocycles. The second-order valence-electron chi connectivity index (χ2n) is 8.25. The molecule has 1 aliphatic rings. The first kappa shape index (κ1) is 24.0. The number of rotatable bonds is 5. The first-order valence-electron chi connectivity index (χ1n) is 10.4. The van der Waals surface area contributed by atoms with Gasteiger partial charge in [-0.1, -0.05) is 18.2 Å². The number of carbonyl (C=O) groups is 1. The fourth-order valence-corrected chi connectivity index (χ4v) is 4.97. The smallest absolute Gasteiger partial charge is 0.404 e. The number of fused-ring (bicyclic) bond motifs is 1. The molecule has 3 atom stereocenters. The van der Waals surface area contributed by atoms with Gasteiger partial charge in [0.25, 0.3) is 0 Å². The summed E-state index contributed by atoms with van der Waals surface area (Å²) in [7, 11) is -2.09. The monoisotopic (exact) mass is 493 g/mol. The van der Waals surface area contributed by atoms with Crippen molar-refractivity contribution in [3.8, 4) is 5.75 Å². The Morgan fingerprint density at radius 3 is 2.68 bits per heavy atom. The highest BCUT2D eigenvalue weighted by Crippen LogP contribution is 2.35. The minimum atomic E-state index is -4.93. The molecule has 3 aromatic rings. The van der Waals surface area contributed by atoms with Crippen LogP contribution < -0.4 is 14.8 Å². The number of anilines is 1. The first-order chi connectivity index (χ1) is 15.9. The number of nitrogens with zero attached hydrogens (tertiary/aromatic N) is 1. The van der Waals surface area contributed by atoms with E-state index in [0.29, 0.717) is 40.7 Å². The lowest BCUT2D eigenvalue weighted by Crippen LogP contribution is -2.51. The molecule has 0 radical (unpaired) electrons. The fourth-order valence-electron chi connectivity index (χ4n) is 3.98. The number of aryl methyl sites for hydroxylation is 1. The van der Waals surface area contributed by atoms with Gasteiger partial charge < -0.3 is 19.9 Å². The second kappa shape index (κ2) is 8.88. The number of aromatic nitrogens is 1. The minimum Gasteiger partial charge on any atom is -0.404 e. The maximum atomic E-state index is 13.0. The lowest BCUT2D eigenvalue weighted by Gasteiger charge is -2.34. The zero-order chi connectivity index (χ0) is 24.7. The van der Waals surface area contributed by atoms with Crippen LogP contribution in [0.5, 0.6) is 5.75 Å². The number of hydrogen-bond donors (Lipinski definition) is 3. The van der Waals surface area contributed by atoms with E-state index in [0.717, 1.165) is 6.07 Å². The van der Waals surface area contributed by atoms with E-state index in [1.807, 2.05) is 0 Å². The fraction of sp³-hybridized carbons (Fsp3) is 0.304. The largest absolute Gasteiger partial charge is 0.573 e. The van der Waals surface area contributed by atoms with Crippen molar-refractivity contribution in [1.29, 1.82) is 0 Å². The third kappa shape index (κ3) is 5.15. The van der Waals surface area contributed by atoms with Crippen LogP contribution in [-0.4, -0.2) is 32.3 Å².